The second-order valence-corrected chi connectivity index (χ2v) is 7.42. The largest absolute Gasteiger partial charge is 0.497 e. The van der Waals surface area contributed by atoms with Crippen LogP contribution in [0.3, 0.4) is 0 Å². The number of nitrogens with zero attached hydrogens (tertiary/aromatic N) is 1. The average Bonchev–Trinajstić information content (AvgIpc) is 2.77. The van der Waals surface area contributed by atoms with Gasteiger partial charge in [-0.25, -0.2) is 4.39 Å². The molecule has 1 amide bonds. The van der Waals surface area contributed by atoms with Crippen molar-refractivity contribution in [2.75, 3.05) is 12.4 Å². The van der Waals surface area contributed by atoms with Gasteiger partial charge in [-0.05, 0) is 60.2 Å². The van der Waals surface area contributed by atoms with Crippen LogP contribution in [-0.2, 0) is 11.4 Å². The Kier molecular flexibility index (Phi) is 7.72. The summed E-state index contributed by atoms with van der Waals surface area (Å²) >= 11 is 12.4. The number of carbonyl (C=O) groups excluding carboxylic acids is 1. The fourth-order valence-corrected chi connectivity index (χ4v) is 3.36. The summed E-state index contributed by atoms with van der Waals surface area (Å²) in [5, 5.41) is 12.7. The van der Waals surface area contributed by atoms with E-state index >= 15 is 0 Å². The predicted octanol–water partition coefficient (Wildman–Crippen LogP) is 6.27. The monoisotopic (exact) mass is 470 g/mol. The molecule has 5 nitrogen and oxygen atoms in total. The number of rotatable bonds is 7. The second-order valence-electron chi connectivity index (χ2n) is 6.58. The molecule has 0 radical (unpaired) electrons. The Labute approximate surface area is 194 Å². The Balaban J connectivity index is 1.86. The maximum absolute atomic E-state index is 13.4. The summed E-state index contributed by atoms with van der Waals surface area (Å²) in [6.45, 7) is 0.0277. The number of halogens is 3. The van der Waals surface area contributed by atoms with Crippen molar-refractivity contribution in [3.63, 3.8) is 0 Å². The minimum absolute atomic E-state index is 0.0277. The van der Waals surface area contributed by atoms with Crippen molar-refractivity contribution in [1.82, 2.24) is 0 Å². The van der Waals surface area contributed by atoms with E-state index in [4.69, 9.17) is 32.7 Å². The number of carbonyl (C=O) groups is 1. The molecule has 0 saturated carbocycles. The van der Waals surface area contributed by atoms with Gasteiger partial charge >= 0.3 is 0 Å². The molecular weight excluding hydrogens is 454 g/mol. The molecular formula is C24H17Cl2FN2O3. The number of benzene rings is 3. The lowest BCUT2D eigenvalue weighted by Crippen LogP contribution is -2.13. The Hall–Kier alpha value is -3.53. The van der Waals surface area contributed by atoms with Crippen LogP contribution in [0.4, 0.5) is 10.1 Å². The van der Waals surface area contributed by atoms with Crippen LogP contribution in [-0.4, -0.2) is 13.0 Å². The van der Waals surface area contributed by atoms with Gasteiger partial charge in [0.25, 0.3) is 5.91 Å². The summed E-state index contributed by atoms with van der Waals surface area (Å²) < 4.78 is 24.3. The summed E-state index contributed by atoms with van der Waals surface area (Å²) in [7, 11) is 1.54. The summed E-state index contributed by atoms with van der Waals surface area (Å²) in [6.07, 6.45) is 1.33. The van der Waals surface area contributed by atoms with Crippen LogP contribution in [0.1, 0.15) is 11.1 Å². The van der Waals surface area contributed by atoms with Gasteiger partial charge in [0.15, 0.2) is 0 Å². The lowest BCUT2D eigenvalue weighted by molar-refractivity contribution is -0.112. The molecule has 32 heavy (non-hydrogen) atoms. The third-order valence-electron chi connectivity index (χ3n) is 4.32. The van der Waals surface area contributed by atoms with E-state index in [2.05, 4.69) is 5.32 Å². The lowest BCUT2D eigenvalue weighted by atomic mass is 10.1. The molecule has 0 aromatic heterocycles. The van der Waals surface area contributed by atoms with Crippen LogP contribution in [0, 0.1) is 17.1 Å². The Bertz CT molecular complexity index is 1200. The van der Waals surface area contributed by atoms with E-state index in [-0.39, 0.29) is 23.0 Å². The third-order valence-corrected chi connectivity index (χ3v) is 4.82. The van der Waals surface area contributed by atoms with Crippen LogP contribution >= 0.6 is 23.2 Å². The van der Waals surface area contributed by atoms with Crippen molar-refractivity contribution in [3.8, 4) is 17.6 Å². The maximum atomic E-state index is 13.4. The van der Waals surface area contributed by atoms with E-state index in [0.29, 0.717) is 27.6 Å². The SMILES string of the molecule is COc1ccc(NC(=O)/C(C#N)=C/c2cc(Cl)cc(Cl)c2OCc2cccc(F)c2)cc1. The number of nitriles is 1. The van der Waals surface area contributed by atoms with Gasteiger partial charge in [-0.15, -0.1) is 0 Å². The normalized spacial score (nSPS) is 10.9. The molecule has 0 saturated heterocycles. The fourth-order valence-electron chi connectivity index (χ4n) is 2.80. The molecule has 0 spiro atoms. The van der Waals surface area contributed by atoms with Gasteiger partial charge in [-0.2, -0.15) is 5.26 Å². The quantitative estimate of drug-likeness (QED) is 0.326. The first-order valence-corrected chi connectivity index (χ1v) is 10.1. The molecule has 0 aliphatic rings. The summed E-state index contributed by atoms with van der Waals surface area (Å²) in [6, 6.07) is 17.5. The minimum atomic E-state index is -0.621. The maximum Gasteiger partial charge on any atom is 0.266 e. The molecule has 162 valence electrons. The standard InChI is InChI=1S/C24H17Cl2FN2O3/c1-31-21-7-5-20(6-8-21)29-24(30)17(13-28)10-16-11-18(25)12-22(26)23(16)32-14-15-3-2-4-19(27)9-15/h2-12H,14H2,1H3,(H,29,30)/b17-10+. The lowest BCUT2D eigenvalue weighted by Gasteiger charge is -2.13. The molecule has 0 aliphatic heterocycles. The van der Waals surface area contributed by atoms with Crippen molar-refractivity contribution in [2.24, 2.45) is 0 Å². The van der Waals surface area contributed by atoms with Gasteiger partial charge in [-0.1, -0.05) is 35.3 Å². The van der Waals surface area contributed by atoms with Gasteiger partial charge < -0.3 is 14.8 Å². The topological polar surface area (TPSA) is 71.3 Å². The first-order chi connectivity index (χ1) is 15.4. The van der Waals surface area contributed by atoms with E-state index in [1.54, 1.807) is 36.4 Å². The zero-order valence-corrected chi connectivity index (χ0v) is 18.4. The highest BCUT2D eigenvalue weighted by molar-refractivity contribution is 6.36. The predicted molar refractivity (Wildman–Crippen MR) is 122 cm³/mol. The number of ether oxygens (including phenoxy) is 2. The molecule has 0 aliphatic carbocycles. The van der Waals surface area contributed by atoms with Gasteiger partial charge in [0.1, 0.15) is 35.6 Å². The summed E-state index contributed by atoms with van der Waals surface area (Å²) in [4.78, 5) is 12.6. The summed E-state index contributed by atoms with van der Waals surface area (Å²) in [5.74, 6) is -0.168. The molecule has 0 fully saturated rings. The minimum Gasteiger partial charge on any atom is -0.497 e. The Morgan fingerprint density at radius 3 is 2.56 bits per heavy atom. The van der Waals surface area contributed by atoms with Gasteiger partial charge in [0, 0.05) is 16.3 Å². The van der Waals surface area contributed by atoms with Crippen molar-refractivity contribution in [2.45, 2.75) is 6.61 Å². The number of hydrogen-bond donors (Lipinski definition) is 1. The first kappa shape index (κ1) is 23.1. The number of hydrogen-bond acceptors (Lipinski definition) is 4. The Morgan fingerprint density at radius 1 is 1.16 bits per heavy atom. The number of methoxy groups -OCH3 is 1. The first-order valence-electron chi connectivity index (χ1n) is 9.33. The molecule has 0 heterocycles. The van der Waals surface area contributed by atoms with Crippen molar-refractivity contribution >= 4 is 40.9 Å². The summed E-state index contributed by atoms with van der Waals surface area (Å²) in [5.41, 5.74) is 1.22. The number of amides is 1. The fraction of sp³-hybridized carbons (Fsp3) is 0.0833. The smallest absolute Gasteiger partial charge is 0.266 e. The van der Waals surface area contributed by atoms with Crippen LogP contribution in [0.25, 0.3) is 6.08 Å². The van der Waals surface area contributed by atoms with E-state index < -0.39 is 11.7 Å². The molecule has 8 heteroatoms. The number of anilines is 1. The zero-order valence-electron chi connectivity index (χ0n) is 16.9. The highest BCUT2D eigenvalue weighted by atomic mass is 35.5. The second kappa shape index (κ2) is 10.7. The number of nitrogens with one attached hydrogen (secondary N) is 1. The van der Waals surface area contributed by atoms with Crippen molar-refractivity contribution in [1.29, 1.82) is 5.26 Å². The average molecular weight is 471 g/mol. The van der Waals surface area contributed by atoms with Crippen molar-refractivity contribution < 1.29 is 18.7 Å². The van der Waals surface area contributed by atoms with Gasteiger partial charge in [0.2, 0.25) is 0 Å². The zero-order chi connectivity index (χ0) is 23.1. The van der Waals surface area contributed by atoms with Crippen LogP contribution in [0.15, 0.2) is 66.2 Å². The van der Waals surface area contributed by atoms with E-state index in [1.807, 2.05) is 6.07 Å². The van der Waals surface area contributed by atoms with Crippen LogP contribution in [0.2, 0.25) is 10.0 Å². The van der Waals surface area contributed by atoms with Gasteiger partial charge in [0.05, 0.1) is 12.1 Å². The van der Waals surface area contributed by atoms with Crippen molar-refractivity contribution in [3.05, 3.63) is 93.2 Å². The molecule has 3 aromatic rings. The highest BCUT2D eigenvalue weighted by Gasteiger charge is 2.15. The molecule has 0 atom stereocenters. The third kappa shape index (κ3) is 6.01. The van der Waals surface area contributed by atoms with E-state index in [9.17, 15) is 14.4 Å². The molecule has 3 rings (SSSR count). The van der Waals surface area contributed by atoms with Gasteiger partial charge in [-0.3, -0.25) is 4.79 Å². The molecule has 1 N–H and O–H groups in total. The Morgan fingerprint density at radius 2 is 1.91 bits per heavy atom. The molecule has 0 bridgehead atoms. The van der Waals surface area contributed by atoms with E-state index in [1.165, 1.54) is 37.5 Å². The van der Waals surface area contributed by atoms with Crippen LogP contribution < -0.4 is 14.8 Å². The van der Waals surface area contributed by atoms with Crippen LogP contribution in [0.5, 0.6) is 11.5 Å². The highest BCUT2D eigenvalue weighted by Crippen LogP contribution is 2.34. The molecule has 0 unspecified atom stereocenters. The molecule has 3 aromatic carbocycles. The van der Waals surface area contributed by atoms with E-state index in [0.717, 1.165) is 0 Å².